The molecule has 3 rings (SSSR count). The minimum absolute atomic E-state index is 0.258. The molecule has 0 aliphatic heterocycles. The van der Waals surface area contributed by atoms with Crippen LogP contribution in [0.3, 0.4) is 0 Å². The van der Waals surface area contributed by atoms with Gasteiger partial charge in [0.25, 0.3) is 0 Å². The lowest BCUT2D eigenvalue weighted by Crippen LogP contribution is -2.40. The fourth-order valence-corrected chi connectivity index (χ4v) is 2.68. The smallest absolute Gasteiger partial charge is 0.0925 e. The Balaban J connectivity index is 1.81. The molecule has 0 radical (unpaired) electrons. The van der Waals surface area contributed by atoms with Crippen molar-refractivity contribution < 1.29 is 5.11 Å². The highest BCUT2D eigenvalue weighted by molar-refractivity contribution is 6.20. The zero-order valence-corrected chi connectivity index (χ0v) is 12.6. The highest BCUT2D eigenvalue weighted by atomic mass is 16.3. The maximum absolute atomic E-state index is 9.05. The second-order valence-corrected chi connectivity index (χ2v) is 5.81. The van der Waals surface area contributed by atoms with E-state index in [-0.39, 0.29) is 6.61 Å². The molecule has 0 spiro atoms. The van der Waals surface area contributed by atoms with Gasteiger partial charge in [-0.15, -0.1) is 0 Å². The Morgan fingerprint density at radius 3 is 2.77 bits per heavy atom. The molecular formula is C17H20N4O. The van der Waals surface area contributed by atoms with Crippen LogP contribution in [0.4, 0.5) is 0 Å². The quantitative estimate of drug-likeness (QED) is 0.740. The lowest BCUT2D eigenvalue weighted by atomic mass is 9.81. The van der Waals surface area contributed by atoms with Crippen LogP contribution in [0.5, 0.6) is 0 Å². The third-order valence-corrected chi connectivity index (χ3v) is 4.09. The monoisotopic (exact) mass is 296 g/mol. The van der Waals surface area contributed by atoms with E-state index in [1.54, 1.807) is 13.1 Å². The third kappa shape index (κ3) is 2.99. The second-order valence-electron chi connectivity index (χ2n) is 5.81. The van der Waals surface area contributed by atoms with Gasteiger partial charge < -0.3 is 15.8 Å². The van der Waals surface area contributed by atoms with Crippen LogP contribution in [-0.2, 0) is 0 Å². The topological polar surface area (TPSA) is 81.9 Å². The maximum atomic E-state index is 9.05. The molecule has 1 aliphatic carbocycles. The summed E-state index contributed by atoms with van der Waals surface area (Å²) in [6.45, 7) is 2.01. The fourth-order valence-electron chi connectivity index (χ4n) is 2.68. The van der Waals surface area contributed by atoms with Crippen LogP contribution in [0.15, 0.2) is 36.7 Å². The summed E-state index contributed by atoms with van der Waals surface area (Å²) in [6.07, 6.45) is 5.52. The highest BCUT2D eigenvalue weighted by Gasteiger charge is 2.27. The summed E-state index contributed by atoms with van der Waals surface area (Å²) in [7, 11) is 0. The van der Waals surface area contributed by atoms with Gasteiger partial charge in [0.15, 0.2) is 0 Å². The molecule has 0 saturated heterocycles. The summed E-state index contributed by atoms with van der Waals surface area (Å²) in [5.74, 6) is 0.413. The number of nitrogens with one attached hydrogen (secondary N) is 2. The zero-order valence-electron chi connectivity index (χ0n) is 12.6. The summed E-state index contributed by atoms with van der Waals surface area (Å²) in [5, 5.41) is 20.4. The largest absolute Gasteiger partial charge is 0.396 e. The van der Waals surface area contributed by atoms with Crippen molar-refractivity contribution in [2.24, 2.45) is 5.92 Å². The first kappa shape index (κ1) is 14.7. The van der Waals surface area contributed by atoms with Gasteiger partial charge in [-0.05, 0) is 37.8 Å². The summed E-state index contributed by atoms with van der Waals surface area (Å²) in [5.41, 5.74) is 3.60. The number of para-hydroxylation sites is 2. The Hall–Kier alpha value is -2.27. The number of hydrogen-bond acceptors (Lipinski definition) is 5. The van der Waals surface area contributed by atoms with E-state index in [9.17, 15) is 0 Å². The molecule has 5 nitrogen and oxygen atoms in total. The lowest BCUT2D eigenvalue weighted by molar-refractivity contribution is 0.133. The van der Waals surface area contributed by atoms with E-state index < -0.39 is 0 Å². The van der Waals surface area contributed by atoms with Crippen molar-refractivity contribution in [2.45, 2.75) is 25.8 Å². The predicted molar refractivity (Wildman–Crippen MR) is 87.6 cm³/mol. The summed E-state index contributed by atoms with van der Waals surface area (Å²) in [4.78, 5) is 9.01. The maximum Gasteiger partial charge on any atom is 0.0925 e. The third-order valence-electron chi connectivity index (χ3n) is 4.09. The van der Waals surface area contributed by atoms with Gasteiger partial charge in [0.1, 0.15) is 0 Å². The van der Waals surface area contributed by atoms with Gasteiger partial charge in [0.05, 0.1) is 22.9 Å². The van der Waals surface area contributed by atoms with Crippen molar-refractivity contribution in [1.82, 2.24) is 15.3 Å². The molecule has 114 valence electrons. The Morgan fingerprint density at radius 2 is 2.09 bits per heavy atom. The molecule has 0 unspecified atom stereocenters. The van der Waals surface area contributed by atoms with E-state index in [0.717, 1.165) is 29.4 Å². The van der Waals surface area contributed by atoms with Crippen molar-refractivity contribution >= 4 is 22.3 Å². The molecule has 3 N–H and O–H groups in total. The molecular weight excluding hydrogens is 276 g/mol. The van der Waals surface area contributed by atoms with Gasteiger partial charge in [0.2, 0.25) is 0 Å². The number of nitrogens with zero attached hydrogens (tertiary/aromatic N) is 2. The van der Waals surface area contributed by atoms with Crippen molar-refractivity contribution in [3.63, 3.8) is 0 Å². The minimum atomic E-state index is 0.258. The molecule has 2 aromatic rings. The van der Waals surface area contributed by atoms with Gasteiger partial charge in [-0.25, -0.2) is 4.98 Å². The van der Waals surface area contributed by atoms with Gasteiger partial charge in [-0.3, -0.25) is 4.98 Å². The molecule has 22 heavy (non-hydrogen) atoms. The molecule has 1 fully saturated rings. The average Bonchev–Trinajstić information content (AvgIpc) is 2.49. The molecule has 0 amide bonds. The van der Waals surface area contributed by atoms with E-state index >= 15 is 0 Å². The fraction of sp³-hybridized carbons (Fsp3) is 0.353. The van der Waals surface area contributed by atoms with Gasteiger partial charge in [0, 0.05) is 30.1 Å². The Bertz CT molecular complexity index is 719. The number of hydrogen-bond donors (Lipinski definition) is 3. The number of benzene rings is 1. The van der Waals surface area contributed by atoms with Crippen molar-refractivity contribution in [1.29, 1.82) is 5.41 Å². The predicted octanol–water partition coefficient (Wildman–Crippen LogP) is 2.37. The first-order chi connectivity index (χ1) is 10.7. The number of aliphatic hydroxyl groups excluding tert-OH is 1. The second kappa shape index (κ2) is 6.23. The molecule has 0 bridgehead atoms. The summed E-state index contributed by atoms with van der Waals surface area (Å²) >= 11 is 0. The number of rotatable bonds is 5. The van der Waals surface area contributed by atoms with Gasteiger partial charge in [-0.1, -0.05) is 12.1 Å². The van der Waals surface area contributed by atoms with Crippen molar-refractivity contribution in [3.05, 3.63) is 42.4 Å². The number of allylic oxidation sites excluding steroid dienone is 1. The standard InChI is InChI=1S/C17H20N4O/c1-11(18)14(8-19-13-6-12(7-13)10-22)17-9-20-15-4-2-3-5-16(15)21-17/h2-5,8-9,12-13,18-19,22H,6-7,10H2,1H3/b14-8+,18-11?. The first-order valence-electron chi connectivity index (χ1n) is 7.52. The molecule has 1 aromatic heterocycles. The molecule has 0 atom stereocenters. The van der Waals surface area contributed by atoms with E-state index in [0.29, 0.717) is 23.4 Å². The molecule has 1 saturated carbocycles. The first-order valence-corrected chi connectivity index (χ1v) is 7.52. The van der Waals surface area contributed by atoms with Crippen LogP contribution in [0.2, 0.25) is 0 Å². The number of aromatic nitrogens is 2. The Morgan fingerprint density at radius 1 is 1.36 bits per heavy atom. The molecule has 1 heterocycles. The van der Waals surface area contributed by atoms with Crippen LogP contribution < -0.4 is 5.32 Å². The zero-order chi connectivity index (χ0) is 15.5. The number of aliphatic hydroxyl groups is 1. The van der Waals surface area contributed by atoms with Crippen LogP contribution in [-0.4, -0.2) is 33.4 Å². The molecule has 1 aliphatic rings. The van der Waals surface area contributed by atoms with Crippen LogP contribution in [0.25, 0.3) is 16.6 Å². The number of fused-ring (bicyclic) bond motifs is 1. The van der Waals surface area contributed by atoms with E-state index in [2.05, 4.69) is 15.3 Å². The van der Waals surface area contributed by atoms with E-state index in [1.807, 2.05) is 30.5 Å². The summed E-state index contributed by atoms with van der Waals surface area (Å²) < 4.78 is 0. The van der Waals surface area contributed by atoms with Crippen molar-refractivity contribution in [3.8, 4) is 0 Å². The lowest BCUT2D eigenvalue weighted by Gasteiger charge is -2.34. The minimum Gasteiger partial charge on any atom is -0.396 e. The van der Waals surface area contributed by atoms with Gasteiger partial charge in [-0.2, -0.15) is 0 Å². The Labute approximate surface area is 129 Å². The highest BCUT2D eigenvalue weighted by Crippen LogP contribution is 2.27. The normalized spacial score (nSPS) is 21.5. The van der Waals surface area contributed by atoms with E-state index in [1.165, 1.54) is 0 Å². The summed E-state index contributed by atoms with van der Waals surface area (Å²) in [6, 6.07) is 8.09. The van der Waals surface area contributed by atoms with E-state index in [4.69, 9.17) is 10.5 Å². The molecule has 5 heteroatoms. The van der Waals surface area contributed by atoms with Crippen LogP contribution >= 0.6 is 0 Å². The Kier molecular flexibility index (Phi) is 4.15. The SMILES string of the molecule is CC(=N)/C(=C\NC1CC(CO)C1)c1cnc2ccccc2n1. The van der Waals surface area contributed by atoms with Crippen LogP contribution in [0.1, 0.15) is 25.5 Å². The van der Waals surface area contributed by atoms with Gasteiger partial charge >= 0.3 is 0 Å². The van der Waals surface area contributed by atoms with Crippen LogP contribution in [0, 0.1) is 11.3 Å². The average molecular weight is 296 g/mol. The van der Waals surface area contributed by atoms with Crippen molar-refractivity contribution in [2.75, 3.05) is 6.61 Å². The molecule has 1 aromatic carbocycles.